The van der Waals surface area contributed by atoms with Gasteiger partial charge >= 0.3 is 13.4 Å². The van der Waals surface area contributed by atoms with Gasteiger partial charge < -0.3 is 43.1 Å². The van der Waals surface area contributed by atoms with Gasteiger partial charge in [0, 0.05) is 25.3 Å². The van der Waals surface area contributed by atoms with Crippen molar-refractivity contribution in [2.45, 2.75) is 55.9 Å². The first-order chi connectivity index (χ1) is 21.3. The largest absolute Gasteiger partial charge is 0.369 e. The van der Waals surface area contributed by atoms with Gasteiger partial charge in [-0.15, -0.1) is 0 Å². The molecule has 7 heterocycles. The number of hydrogen-bond acceptors (Lipinski definition) is 14. The van der Waals surface area contributed by atoms with Crippen LogP contribution >= 0.6 is 13.4 Å². The Morgan fingerprint density at radius 2 is 1.80 bits per heavy atom. The number of nitrogen functional groups attached to an aromatic ring is 1. The smallest absolute Gasteiger partial charge is 0.325 e. The van der Waals surface area contributed by atoms with Crippen LogP contribution in [0, 0.1) is 5.82 Å². The molecular weight excluding hydrogens is 686 g/mol. The molecule has 45 heavy (non-hydrogen) atoms. The number of carbonyl (C=O) groups is 1. The van der Waals surface area contributed by atoms with E-state index in [2.05, 4.69) is 19.9 Å². The van der Waals surface area contributed by atoms with Gasteiger partial charge in [0.25, 0.3) is 5.56 Å². The highest BCUT2D eigenvalue weighted by Gasteiger charge is 2.51. The summed E-state index contributed by atoms with van der Waals surface area (Å²) >= 11 is 10.4. The molecule has 2 bridgehead atoms. The predicted molar refractivity (Wildman–Crippen MR) is 156 cm³/mol. The maximum absolute atomic E-state index is 15.8. The second-order valence-electron chi connectivity index (χ2n) is 10.4. The summed E-state index contributed by atoms with van der Waals surface area (Å²) in [6.07, 6.45) is -6.19. The molecule has 7 rings (SSSR count). The third kappa shape index (κ3) is 5.74. The van der Waals surface area contributed by atoms with Crippen LogP contribution in [0.4, 0.5) is 20.5 Å². The number of halogens is 2. The van der Waals surface area contributed by atoms with E-state index in [4.69, 9.17) is 56.9 Å². The van der Waals surface area contributed by atoms with Gasteiger partial charge in [0.15, 0.2) is 35.2 Å². The monoisotopic (exact) mass is 709 g/mol. The Morgan fingerprint density at radius 3 is 2.58 bits per heavy atom. The van der Waals surface area contributed by atoms with E-state index in [-0.39, 0.29) is 41.3 Å². The molecule has 3 aromatic rings. The summed E-state index contributed by atoms with van der Waals surface area (Å²) in [7, 11) is 0. The molecule has 242 valence electrons. The number of hydrogen-bond donors (Lipinski definition) is 4. The van der Waals surface area contributed by atoms with E-state index in [0.717, 1.165) is 12.5 Å². The number of H-pyrrole nitrogens is 1. The summed E-state index contributed by atoms with van der Waals surface area (Å²) < 4.78 is 67.2. The number of rotatable bonds is 2. The fourth-order valence-corrected chi connectivity index (χ4v) is 8.44. The molecular formula is C22H23F2N7O10P2S2. The number of carbonyl (C=O) groups excluding carboxylic acids is 1. The van der Waals surface area contributed by atoms with Crippen molar-refractivity contribution in [2.24, 2.45) is 4.99 Å². The van der Waals surface area contributed by atoms with Crippen LogP contribution in [0.3, 0.4) is 0 Å². The summed E-state index contributed by atoms with van der Waals surface area (Å²) in [5, 5.41) is 0. The first kappa shape index (κ1) is 31.2. The Hall–Kier alpha value is -2.39. The lowest BCUT2D eigenvalue weighted by molar-refractivity contribution is -0.0598. The molecule has 0 aromatic carbocycles. The van der Waals surface area contributed by atoms with Crippen LogP contribution in [-0.2, 0) is 51.2 Å². The molecule has 0 spiro atoms. The molecule has 0 aliphatic carbocycles. The summed E-state index contributed by atoms with van der Waals surface area (Å²) in [5.41, 5.74) is 4.63. The topological polar surface area (TPSA) is 220 Å². The van der Waals surface area contributed by atoms with Gasteiger partial charge in [0.2, 0.25) is 5.95 Å². The normalized spacial score (nSPS) is 37.2. The lowest BCUT2D eigenvalue weighted by atomic mass is 10.1. The number of ether oxygens (including phenoxy) is 2. The number of Topliss-reactive ketones (excluding diaryl/α,β-unsaturated/α-hetero) is 1. The van der Waals surface area contributed by atoms with Crippen LogP contribution in [0.1, 0.15) is 35.7 Å². The molecule has 3 aromatic heterocycles. The number of nitrogens with zero attached hydrogens (tertiary/aromatic N) is 5. The molecule has 0 saturated carbocycles. The van der Waals surface area contributed by atoms with Crippen molar-refractivity contribution in [3.8, 4) is 0 Å². The highest BCUT2D eigenvalue weighted by molar-refractivity contribution is 8.07. The van der Waals surface area contributed by atoms with Gasteiger partial charge in [-0.05, 0) is 23.6 Å². The second-order valence-corrected chi connectivity index (χ2v) is 16.0. The van der Waals surface area contributed by atoms with Crippen LogP contribution in [0.15, 0.2) is 22.3 Å². The lowest BCUT2D eigenvalue weighted by Crippen LogP contribution is -2.32. The highest BCUT2D eigenvalue weighted by atomic mass is 32.5. The first-order valence-electron chi connectivity index (χ1n) is 13.2. The minimum atomic E-state index is -4.27. The van der Waals surface area contributed by atoms with Crippen LogP contribution < -0.4 is 11.3 Å². The van der Waals surface area contributed by atoms with E-state index >= 15 is 4.39 Å². The van der Waals surface area contributed by atoms with Gasteiger partial charge in [-0.25, -0.2) is 18.8 Å². The van der Waals surface area contributed by atoms with E-state index in [1.807, 2.05) is 0 Å². The lowest BCUT2D eigenvalue weighted by Gasteiger charge is -2.27. The van der Waals surface area contributed by atoms with Gasteiger partial charge in [-0.2, -0.15) is 4.98 Å². The summed E-state index contributed by atoms with van der Waals surface area (Å²) in [5.74, 6) is -1.45. The molecule has 3 fully saturated rings. The SMILES string of the molecule is Nc1nc2c(ncn2[C@@H]2O[C@@H]3COP(O)(=S)O[C@H]4C[C@H](n5cc(F)c6c5N=CCC6=O)O[C@@H]4COP(O)(=S)O[C@@H]2[C@@H]3F)c(=O)[nH]1. The van der Waals surface area contributed by atoms with Gasteiger partial charge in [0.1, 0.15) is 30.4 Å². The standard InChI is InChI=1S/C22H23F2N7O10P2S2/c23-8-4-30(18-14(8)9(32)1-2-26-18)13-3-10-11(38-13)5-36-43(35,45)41-17-15(24)12(6-37-42(34,44)40-10)39-21(17)31-7-27-16-19(31)28-22(25)29-20(16)33/h2,4,7,10-13,15,17,21H,1,3,5-6H2,(H,34,44)(H,35,45)(H3,25,28,29,33)/t10-,11+,12+,13+,15+,17+,21+,42?,43?/m0/s1. The molecule has 0 amide bonds. The predicted octanol–water partition coefficient (Wildman–Crippen LogP) is 1.41. The zero-order valence-electron chi connectivity index (χ0n) is 22.5. The number of aromatic nitrogens is 5. The minimum Gasteiger partial charge on any atom is -0.369 e. The second kappa shape index (κ2) is 11.4. The number of alkyl halides is 1. The molecule has 5 N–H and O–H groups in total. The van der Waals surface area contributed by atoms with Crippen molar-refractivity contribution in [3.05, 3.63) is 34.3 Å². The average molecular weight is 710 g/mol. The first-order valence-corrected chi connectivity index (χ1v) is 18.4. The third-order valence-corrected chi connectivity index (χ3v) is 10.7. The van der Waals surface area contributed by atoms with Gasteiger partial charge in [0.05, 0.1) is 31.2 Å². The van der Waals surface area contributed by atoms with Crippen LogP contribution in [-0.4, -0.2) is 89.7 Å². The third-order valence-electron chi connectivity index (χ3n) is 7.54. The molecule has 17 nitrogen and oxygen atoms in total. The molecule has 4 aliphatic rings. The molecule has 0 radical (unpaired) electrons. The Labute approximate surface area is 260 Å². The fourth-order valence-electron chi connectivity index (χ4n) is 5.56. The van der Waals surface area contributed by atoms with E-state index in [0.29, 0.717) is 0 Å². The van der Waals surface area contributed by atoms with Crippen LogP contribution in [0.25, 0.3) is 11.2 Å². The van der Waals surface area contributed by atoms with Crippen molar-refractivity contribution in [1.29, 1.82) is 0 Å². The van der Waals surface area contributed by atoms with Gasteiger partial charge in [-0.1, -0.05) is 0 Å². The molecule has 9 atom stereocenters. The number of ketones is 1. The molecule has 4 aliphatic heterocycles. The summed E-state index contributed by atoms with van der Waals surface area (Å²) in [6, 6.07) is 0. The van der Waals surface area contributed by atoms with Crippen molar-refractivity contribution in [3.63, 3.8) is 0 Å². The number of fused-ring (bicyclic) bond motifs is 5. The summed E-state index contributed by atoms with van der Waals surface area (Å²) in [4.78, 5) is 61.0. The van der Waals surface area contributed by atoms with Crippen LogP contribution in [0.2, 0.25) is 0 Å². The maximum Gasteiger partial charge on any atom is 0.325 e. The fraction of sp³-hybridized carbons (Fsp3) is 0.500. The van der Waals surface area contributed by atoms with E-state index in [1.54, 1.807) is 0 Å². The molecule has 3 saturated heterocycles. The van der Waals surface area contributed by atoms with Crippen LogP contribution in [0.5, 0.6) is 0 Å². The Morgan fingerprint density at radius 1 is 1.07 bits per heavy atom. The number of nitrogens with two attached hydrogens (primary N) is 1. The quantitative estimate of drug-likeness (QED) is 0.277. The van der Waals surface area contributed by atoms with Crippen molar-refractivity contribution in [2.75, 3.05) is 18.9 Å². The number of anilines is 1. The summed E-state index contributed by atoms with van der Waals surface area (Å²) in [6.45, 7) is -9.52. The van der Waals surface area contributed by atoms with Crippen molar-refractivity contribution >= 4 is 72.0 Å². The number of aliphatic imine (C=N–C) groups is 1. The van der Waals surface area contributed by atoms with Gasteiger partial charge in [-0.3, -0.25) is 23.7 Å². The minimum absolute atomic E-state index is 0.0396. The van der Waals surface area contributed by atoms with E-state index in [9.17, 15) is 23.8 Å². The average Bonchev–Trinajstić information content (AvgIpc) is 3.71. The van der Waals surface area contributed by atoms with E-state index in [1.165, 1.54) is 15.3 Å². The molecule has 23 heteroatoms. The zero-order valence-corrected chi connectivity index (χ0v) is 26.0. The Balaban J connectivity index is 1.19. The Bertz CT molecular complexity index is 1890. The number of imidazole rings is 1. The zero-order chi connectivity index (χ0) is 31.8. The van der Waals surface area contributed by atoms with Crippen molar-refractivity contribution in [1.82, 2.24) is 24.1 Å². The van der Waals surface area contributed by atoms with Crippen molar-refractivity contribution < 1.29 is 50.9 Å². The molecule has 2 unspecified atom stereocenters. The maximum atomic E-state index is 15.8. The highest BCUT2D eigenvalue weighted by Crippen LogP contribution is 2.54. The number of aromatic amines is 1. The van der Waals surface area contributed by atoms with E-state index < -0.39 is 86.9 Å². The Kier molecular flexibility index (Phi) is 7.90. The number of nitrogens with one attached hydrogen (secondary N) is 1.